The van der Waals surface area contributed by atoms with Crippen LogP contribution in [0.5, 0.6) is 0 Å². The van der Waals surface area contributed by atoms with Crippen LogP contribution in [-0.4, -0.2) is 28.0 Å². The van der Waals surface area contributed by atoms with E-state index in [1.165, 1.54) is 5.56 Å². The Hall–Kier alpha value is -0.870. The summed E-state index contributed by atoms with van der Waals surface area (Å²) < 4.78 is 8.07. The van der Waals surface area contributed by atoms with Gasteiger partial charge in [0.15, 0.2) is 0 Å². The molecule has 0 bridgehead atoms. The summed E-state index contributed by atoms with van der Waals surface area (Å²) in [7, 11) is 0. The number of hydrogen-bond donors (Lipinski definition) is 1. The molecule has 19 heavy (non-hydrogen) atoms. The molecule has 1 saturated heterocycles. The number of nitrogens with zero attached hydrogens (tertiary/aromatic N) is 2. The molecule has 1 fully saturated rings. The maximum absolute atomic E-state index is 6.02. The molecular formula is C15H27N3O. The second-order valence-electron chi connectivity index (χ2n) is 6.18. The number of ether oxygens (including phenoxy) is 1. The Bertz CT molecular complexity index is 412. The Labute approximate surface area is 116 Å². The molecule has 0 spiro atoms. The van der Waals surface area contributed by atoms with Gasteiger partial charge in [0.05, 0.1) is 23.9 Å². The van der Waals surface area contributed by atoms with E-state index in [9.17, 15) is 0 Å². The fraction of sp³-hybridized carbons (Fsp3) is 0.800. The average Bonchev–Trinajstić information content (AvgIpc) is 2.83. The second kappa shape index (κ2) is 6.06. The highest BCUT2D eigenvalue weighted by molar-refractivity contribution is 5.15. The van der Waals surface area contributed by atoms with Gasteiger partial charge in [-0.25, -0.2) is 0 Å². The highest BCUT2D eigenvalue weighted by atomic mass is 16.5. The van der Waals surface area contributed by atoms with Crippen LogP contribution in [0.3, 0.4) is 0 Å². The van der Waals surface area contributed by atoms with Gasteiger partial charge in [-0.3, -0.25) is 4.68 Å². The fourth-order valence-corrected chi connectivity index (χ4v) is 2.64. The van der Waals surface area contributed by atoms with Crippen molar-refractivity contribution in [3.63, 3.8) is 0 Å². The summed E-state index contributed by atoms with van der Waals surface area (Å²) in [6, 6.07) is 0. The molecule has 1 aromatic rings. The van der Waals surface area contributed by atoms with Gasteiger partial charge in [0, 0.05) is 18.3 Å². The zero-order valence-corrected chi connectivity index (χ0v) is 12.7. The highest BCUT2D eigenvalue weighted by Gasteiger charge is 2.31. The lowest BCUT2D eigenvalue weighted by molar-refractivity contribution is -0.0230. The van der Waals surface area contributed by atoms with Gasteiger partial charge < -0.3 is 10.1 Å². The first-order valence-corrected chi connectivity index (χ1v) is 7.41. The van der Waals surface area contributed by atoms with Gasteiger partial charge in [-0.15, -0.1) is 0 Å². The van der Waals surface area contributed by atoms with E-state index in [4.69, 9.17) is 4.74 Å². The van der Waals surface area contributed by atoms with Crippen molar-refractivity contribution in [1.82, 2.24) is 15.1 Å². The van der Waals surface area contributed by atoms with Crippen LogP contribution < -0.4 is 5.32 Å². The van der Waals surface area contributed by atoms with Crippen LogP contribution in [0.15, 0.2) is 6.20 Å². The zero-order chi connectivity index (χ0) is 13.9. The number of nitrogens with one attached hydrogen (secondary N) is 1. The van der Waals surface area contributed by atoms with Crippen LogP contribution in [0.2, 0.25) is 0 Å². The molecule has 1 unspecified atom stereocenters. The predicted octanol–water partition coefficient (Wildman–Crippen LogP) is 2.65. The third kappa shape index (κ3) is 4.05. The normalized spacial score (nSPS) is 22.0. The van der Waals surface area contributed by atoms with Crippen molar-refractivity contribution in [2.45, 2.75) is 71.8 Å². The third-order valence-corrected chi connectivity index (χ3v) is 3.74. The maximum Gasteiger partial charge on any atom is 0.0779 e. The molecule has 0 aliphatic carbocycles. The smallest absolute Gasteiger partial charge is 0.0779 e. The van der Waals surface area contributed by atoms with E-state index in [2.05, 4.69) is 44.3 Å². The van der Waals surface area contributed by atoms with Gasteiger partial charge in [-0.1, -0.05) is 6.92 Å². The molecule has 2 rings (SSSR count). The first-order valence-electron chi connectivity index (χ1n) is 7.41. The Morgan fingerprint density at radius 2 is 2.32 bits per heavy atom. The van der Waals surface area contributed by atoms with E-state index < -0.39 is 0 Å². The van der Waals surface area contributed by atoms with Crippen molar-refractivity contribution in [2.24, 2.45) is 0 Å². The van der Waals surface area contributed by atoms with Crippen molar-refractivity contribution in [2.75, 3.05) is 6.54 Å². The second-order valence-corrected chi connectivity index (χ2v) is 6.18. The molecule has 0 amide bonds. The lowest BCUT2D eigenvalue weighted by atomic mass is 10.1. The number of aromatic nitrogens is 2. The van der Waals surface area contributed by atoms with Gasteiger partial charge in [0.25, 0.3) is 0 Å². The van der Waals surface area contributed by atoms with E-state index >= 15 is 0 Å². The van der Waals surface area contributed by atoms with E-state index in [-0.39, 0.29) is 5.60 Å². The van der Waals surface area contributed by atoms with E-state index in [0.29, 0.717) is 6.10 Å². The molecule has 1 aliphatic heterocycles. The number of aryl methyl sites for hydroxylation is 1. The van der Waals surface area contributed by atoms with Crippen LogP contribution in [0.1, 0.15) is 51.3 Å². The summed E-state index contributed by atoms with van der Waals surface area (Å²) in [5.41, 5.74) is 2.46. The average molecular weight is 265 g/mol. The fourth-order valence-electron chi connectivity index (χ4n) is 2.64. The summed E-state index contributed by atoms with van der Waals surface area (Å²) in [6.45, 7) is 11.4. The Kier molecular flexibility index (Phi) is 4.63. The van der Waals surface area contributed by atoms with Gasteiger partial charge in [-0.2, -0.15) is 5.10 Å². The van der Waals surface area contributed by atoms with Crippen LogP contribution >= 0.6 is 0 Å². The monoisotopic (exact) mass is 265 g/mol. The summed E-state index contributed by atoms with van der Waals surface area (Å²) in [5, 5.41) is 8.02. The van der Waals surface area contributed by atoms with Gasteiger partial charge in [0.2, 0.25) is 0 Å². The van der Waals surface area contributed by atoms with Crippen molar-refractivity contribution >= 4 is 0 Å². The molecule has 108 valence electrons. The van der Waals surface area contributed by atoms with Gasteiger partial charge in [0.1, 0.15) is 0 Å². The largest absolute Gasteiger partial charge is 0.370 e. The van der Waals surface area contributed by atoms with E-state index in [1.807, 2.05) is 4.68 Å². The molecule has 0 radical (unpaired) electrons. The van der Waals surface area contributed by atoms with Crippen molar-refractivity contribution in [3.8, 4) is 0 Å². The SMILES string of the molecule is CCCNCc1cn(CC2CCC(C)(C)O2)nc1C. The molecule has 1 N–H and O–H groups in total. The summed E-state index contributed by atoms with van der Waals surface area (Å²) in [4.78, 5) is 0. The Morgan fingerprint density at radius 3 is 2.95 bits per heavy atom. The Morgan fingerprint density at radius 1 is 1.53 bits per heavy atom. The van der Waals surface area contributed by atoms with Gasteiger partial charge >= 0.3 is 0 Å². The predicted molar refractivity (Wildman–Crippen MR) is 77.1 cm³/mol. The molecule has 1 atom stereocenters. The van der Waals surface area contributed by atoms with Crippen LogP contribution in [0, 0.1) is 6.92 Å². The van der Waals surface area contributed by atoms with Crippen LogP contribution in [0.4, 0.5) is 0 Å². The lowest BCUT2D eigenvalue weighted by Gasteiger charge is -2.19. The zero-order valence-electron chi connectivity index (χ0n) is 12.7. The van der Waals surface area contributed by atoms with Crippen molar-refractivity contribution in [1.29, 1.82) is 0 Å². The lowest BCUT2D eigenvalue weighted by Crippen LogP contribution is -2.23. The number of hydrogen-bond acceptors (Lipinski definition) is 3. The van der Waals surface area contributed by atoms with Crippen molar-refractivity contribution < 1.29 is 4.74 Å². The highest BCUT2D eigenvalue weighted by Crippen LogP contribution is 2.30. The van der Waals surface area contributed by atoms with E-state index in [1.54, 1.807) is 0 Å². The molecule has 0 aromatic carbocycles. The molecule has 1 aliphatic rings. The summed E-state index contributed by atoms with van der Waals surface area (Å²) in [5.74, 6) is 0. The standard InChI is InChI=1S/C15H27N3O/c1-5-8-16-9-13-10-18(17-12(13)2)11-14-6-7-15(3,4)19-14/h10,14,16H,5-9,11H2,1-4H3. The first-order chi connectivity index (χ1) is 9.00. The molecule has 1 aromatic heterocycles. The van der Waals surface area contributed by atoms with Crippen molar-refractivity contribution in [3.05, 3.63) is 17.5 Å². The number of rotatable bonds is 6. The molecule has 0 saturated carbocycles. The summed E-state index contributed by atoms with van der Waals surface area (Å²) >= 11 is 0. The summed E-state index contributed by atoms with van der Waals surface area (Å²) in [6.07, 6.45) is 5.91. The quantitative estimate of drug-likeness (QED) is 0.804. The minimum Gasteiger partial charge on any atom is -0.370 e. The molecule has 2 heterocycles. The molecular weight excluding hydrogens is 238 g/mol. The molecule has 4 nitrogen and oxygen atoms in total. The van der Waals surface area contributed by atoms with Crippen LogP contribution in [0.25, 0.3) is 0 Å². The molecule has 4 heteroatoms. The van der Waals surface area contributed by atoms with E-state index in [0.717, 1.165) is 44.6 Å². The first kappa shape index (κ1) is 14.5. The van der Waals surface area contributed by atoms with Crippen LogP contribution in [-0.2, 0) is 17.8 Å². The topological polar surface area (TPSA) is 39.1 Å². The minimum atomic E-state index is 0.0401. The maximum atomic E-state index is 6.02. The third-order valence-electron chi connectivity index (χ3n) is 3.74. The Balaban J connectivity index is 1.89. The minimum absolute atomic E-state index is 0.0401. The van der Waals surface area contributed by atoms with Gasteiger partial charge in [-0.05, 0) is 46.6 Å².